The van der Waals surface area contributed by atoms with Crippen molar-refractivity contribution in [2.75, 3.05) is 13.7 Å². The molecular formula is C15H21BrN2O2. The van der Waals surface area contributed by atoms with Crippen LogP contribution in [0.15, 0.2) is 22.7 Å². The molecule has 1 aliphatic rings. The predicted octanol–water partition coefficient (Wildman–Crippen LogP) is 2.24. The van der Waals surface area contributed by atoms with E-state index in [1.54, 1.807) is 7.11 Å². The first kappa shape index (κ1) is 15.3. The van der Waals surface area contributed by atoms with E-state index >= 15 is 0 Å². The molecule has 0 spiro atoms. The van der Waals surface area contributed by atoms with Gasteiger partial charge in [0.2, 0.25) is 5.91 Å². The Morgan fingerprint density at radius 3 is 3.00 bits per heavy atom. The van der Waals surface area contributed by atoms with Crippen LogP contribution >= 0.6 is 15.9 Å². The first-order chi connectivity index (χ1) is 9.63. The van der Waals surface area contributed by atoms with Gasteiger partial charge in [-0.05, 0) is 43.5 Å². The standard InChI is InChI=1S/C15H21BrN2O2/c1-20-14-6-5-12(16)7-11(14)8-15(19)18-13-4-2-3-10(13)9-17/h5-7,10,13H,2-4,8-9,17H2,1H3,(H,18,19). The van der Waals surface area contributed by atoms with Gasteiger partial charge >= 0.3 is 0 Å². The molecule has 0 bridgehead atoms. The van der Waals surface area contributed by atoms with E-state index in [2.05, 4.69) is 21.2 Å². The van der Waals surface area contributed by atoms with Gasteiger partial charge < -0.3 is 15.8 Å². The second kappa shape index (κ2) is 7.09. The molecule has 2 rings (SSSR count). The average Bonchev–Trinajstić information content (AvgIpc) is 2.86. The third kappa shape index (κ3) is 3.73. The highest BCUT2D eigenvalue weighted by Gasteiger charge is 2.27. The number of methoxy groups -OCH3 is 1. The lowest BCUT2D eigenvalue weighted by Crippen LogP contribution is -2.40. The Morgan fingerprint density at radius 1 is 1.50 bits per heavy atom. The summed E-state index contributed by atoms with van der Waals surface area (Å²) < 4.78 is 6.24. The summed E-state index contributed by atoms with van der Waals surface area (Å²) in [7, 11) is 1.62. The highest BCUT2D eigenvalue weighted by atomic mass is 79.9. The lowest BCUT2D eigenvalue weighted by molar-refractivity contribution is -0.121. The van der Waals surface area contributed by atoms with Crippen molar-refractivity contribution >= 4 is 21.8 Å². The van der Waals surface area contributed by atoms with E-state index in [-0.39, 0.29) is 11.9 Å². The molecule has 20 heavy (non-hydrogen) atoms. The maximum absolute atomic E-state index is 12.2. The van der Waals surface area contributed by atoms with Crippen molar-refractivity contribution in [2.24, 2.45) is 11.7 Å². The summed E-state index contributed by atoms with van der Waals surface area (Å²) in [6.45, 7) is 0.644. The summed E-state index contributed by atoms with van der Waals surface area (Å²) >= 11 is 3.42. The Balaban J connectivity index is 1.99. The number of carbonyl (C=O) groups is 1. The Morgan fingerprint density at radius 2 is 2.30 bits per heavy atom. The van der Waals surface area contributed by atoms with Gasteiger partial charge in [0.05, 0.1) is 13.5 Å². The number of halogens is 1. The molecule has 110 valence electrons. The summed E-state index contributed by atoms with van der Waals surface area (Å²) in [5.74, 6) is 1.19. The van der Waals surface area contributed by atoms with Gasteiger partial charge in [0.15, 0.2) is 0 Å². The minimum Gasteiger partial charge on any atom is -0.496 e. The van der Waals surface area contributed by atoms with Crippen LogP contribution < -0.4 is 15.8 Å². The normalized spacial score (nSPS) is 21.8. The van der Waals surface area contributed by atoms with Crippen LogP contribution in [0.4, 0.5) is 0 Å². The molecule has 1 saturated carbocycles. The molecule has 1 aromatic carbocycles. The van der Waals surface area contributed by atoms with Crippen LogP contribution in [0.1, 0.15) is 24.8 Å². The van der Waals surface area contributed by atoms with Crippen molar-refractivity contribution in [1.29, 1.82) is 0 Å². The fourth-order valence-electron chi connectivity index (χ4n) is 2.83. The molecule has 1 aliphatic carbocycles. The third-order valence-corrected chi connectivity index (χ3v) is 4.39. The van der Waals surface area contributed by atoms with E-state index in [0.29, 0.717) is 18.9 Å². The molecule has 5 heteroatoms. The highest BCUT2D eigenvalue weighted by molar-refractivity contribution is 9.10. The molecule has 4 nitrogen and oxygen atoms in total. The number of nitrogens with one attached hydrogen (secondary N) is 1. The smallest absolute Gasteiger partial charge is 0.224 e. The fourth-order valence-corrected chi connectivity index (χ4v) is 3.23. The molecule has 0 aliphatic heterocycles. The van der Waals surface area contributed by atoms with Crippen molar-refractivity contribution in [3.63, 3.8) is 0 Å². The van der Waals surface area contributed by atoms with Crippen molar-refractivity contribution < 1.29 is 9.53 Å². The van der Waals surface area contributed by atoms with Crippen LogP contribution in [0.3, 0.4) is 0 Å². The number of carbonyl (C=O) groups excluding carboxylic acids is 1. The fraction of sp³-hybridized carbons (Fsp3) is 0.533. The van der Waals surface area contributed by atoms with E-state index in [0.717, 1.165) is 35.0 Å². The minimum absolute atomic E-state index is 0.0340. The second-order valence-electron chi connectivity index (χ2n) is 5.23. The Hall–Kier alpha value is -1.07. The minimum atomic E-state index is 0.0340. The van der Waals surface area contributed by atoms with Gasteiger partial charge in [0.1, 0.15) is 5.75 Å². The first-order valence-corrected chi connectivity index (χ1v) is 7.75. The average molecular weight is 341 g/mol. The molecular weight excluding hydrogens is 320 g/mol. The van der Waals surface area contributed by atoms with Gasteiger partial charge in [-0.15, -0.1) is 0 Å². The lowest BCUT2D eigenvalue weighted by Gasteiger charge is -2.19. The number of hydrogen-bond donors (Lipinski definition) is 2. The Bertz CT molecular complexity index is 479. The van der Waals surface area contributed by atoms with Crippen LogP contribution in [-0.4, -0.2) is 25.6 Å². The van der Waals surface area contributed by atoms with Crippen molar-refractivity contribution in [2.45, 2.75) is 31.7 Å². The topological polar surface area (TPSA) is 64.3 Å². The molecule has 1 aromatic rings. The van der Waals surface area contributed by atoms with Crippen LogP contribution in [0.5, 0.6) is 5.75 Å². The first-order valence-electron chi connectivity index (χ1n) is 6.96. The van der Waals surface area contributed by atoms with Gasteiger partial charge in [0.25, 0.3) is 0 Å². The summed E-state index contributed by atoms with van der Waals surface area (Å²) in [5, 5.41) is 3.11. The van der Waals surface area contributed by atoms with Gasteiger partial charge in [-0.2, -0.15) is 0 Å². The van der Waals surface area contributed by atoms with Gasteiger partial charge in [-0.25, -0.2) is 0 Å². The van der Waals surface area contributed by atoms with Crippen LogP contribution in [0.25, 0.3) is 0 Å². The summed E-state index contributed by atoms with van der Waals surface area (Å²) in [6, 6.07) is 5.92. The van der Waals surface area contributed by atoms with Crippen LogP contribution in [-0.2, 0) is 11.2 Å². The lowest BCUT2D eigenvalue weighted by atomic mass is 10.0. The zero-order chi connectivity index (χ0) is 14.5. The molecule has 2 atom stereocenters. The zero-order valence-electron chi connectivity index (χ0n) is 11.7. The van der Waals surface area contributed by atoms with Gasteiger partial charge in [0, 0.05) is 16.1 Å². The molecule has 1 amide bonds. The van der Waals surface area contributed by atoms with E-state index in [1.807, 2.05) is 18.2 Å². The molecule has 0 radical (unpaired) electrons. The molecule has 0 aromatic heterocycles. The number of amides is 1. The highest BCUT2D eigenvalue weighted by Crippen LogP contribution is 2.26. The number of hydrogen-bond acceptors (Lipinski definition) is 3. The number of nitrogens with two attached hydrogens (primary N) is 1. The second-order valence-corrected chi connectivity index (χ2v) is 6.15. The van der Waals surface area contributed by atoms with Crippen molar-refractivity contribution in [3.05, 3.63) is 28.2 Å². The number of ether oxygens (including phenoxy) is 1. The zero-order valence-corrected chi connectivity index (χ0v) is 13.3. The molecule has 0 heterocycles. The largest absolute Gasteiger partial charge is 0.496 e. The van der Waals surface area contributed by atoms with Crippen LogP contribution in [0.2, 0.25) is 0 Å². The quantitative estimate of drug-likeness (QED) is 0.863. The monoisotopic (exact) mass is 340 g/mol. The van der Waals surface area contributed by atoms with Crippen molar-refractivity contribution in [1.82, 2.24) is 5.32 Å². The van der Waals surface area contributed by atoms with Crippen molar-refractivity contribution in [3.8, 4) is 5.75 Å². The Labute approximate surface area is 128 Å². The predicted molar refractivity (Wildman–Crippen MR) is 82.7 cm³/mol. The number of rotatable bonds is 5. The molecule has 1 fully saturated rings. The maximum atomic E-state index is 12.2. The molecule has 0 saturated heterocycles. The number of benzene rings is 1. The summed E-state index contributed by atoms with van der Waals surface area (Å²) in [4.78, 5) is 12.2. The van der Waals surface area contributed by atoms with E-state index in [9.17, 15) is 4.79 Å². The molecule has 2 unspecified atom stereocenters. The molecule has 3 N–H and O–H groups in total. The van der Waals surface area contributed by atoms with Gasteiger partial charge in [-0.1, -0.05) is 22.4 Å². The van der Waals surface area contributed by atoms with E-state index < -0.39 is 0 Å². The van der Waals surface area contributed by atoms with Crippen LogP contribution in [0, 0.1) is 5.92 Å². The maximum Gasteiger partial charge on any atom is 0.224 e. The van der Waals surface area contributed by atoms with E-state index in [1.165, 1.54) is 0 Å². The SMILES string of the molecule is COc1ccc(Br)cc1CC(=O)NC1CCCC1CN. The van der Waals surface area contributed by atoms with Gasteiger partial charge in [-0.3, -0.25) is 4.79 Å². The Kier molecular flexibility index (Phi) is 5.43. The third-order valence-electron chi connectivity index (χ3n) is 3.90. The summed E-state index contributed by atoms with van der Waals surface area (Å²) in [6.07, 6.45) is 3.62. The van der Waals surface area contributed by atoms with E-state index in [4.69, 9.17) is 10.5 Å². The summed E-state index contributed by atoms with van der Waals surface area (Å²) in [5.41, 5.74) is 6.63.